The molecule has 12 heteroatoms. The Kier molecular flexibility index (Phi) is 12.3. The zero-order valence-corrected chi connectivity index (χ0v) is 27.7. The van der Waals surface area contributed by atoms with Crippen LogP contribution in [0.4, 0.5) is 5.69 Å². The fourth-order valence-corrected chi connectivity index (χ4v) is 6.50. The summed E-state index contributed by atoms with van der Waals surface area (Å²) in [6.45, 7) is 5.96. The van der Waals surface area contributed by atoms with Crippen LogP contribution >= 0.6 is 0 Å². The van der Waals surface area contributed by atoms with Crippen molar-refractivity contribution >= 4 is 27.5 Å². The van der Waals surface area contributed by atoms with Crippen LogP contribution in [0.15, 0.2) is 78.0 Å². The average Bonchev–Trinajstić information content (AvgIpc) is 3.06. The molecule has 0 unspecified atom stereocenters. The van der Waals surface area contributed by atoms with E-state index in [0.29, 0.717) is 30.0 Å². The summed E-state index contributed by atoms with van der Waals surface area (Å²) in [6.07, 6.45) is 4.55. The maximum Gasteiger partial charge on any atom is 0.258 e. The quantitative estimate of drug-likeness (QED) is 0.364. The number of likely N-dealkylation sites (N-methyl/N-ethyl adjacent to an activating group) is 1. The summed E-state index contributed by atoms with van der Waals surface area (Å²) < 4.78 is 40.5. The predicted octanol–water partition coefficient (Wildman–Crippen LogP) is 4.45. The second-order valence-corrected chi connectivity index (χ2v) is 13.8. The van der Waals surface area contributed by atoms with Gasteiger partial charge < -0.3 is 24.8 Å². The van der Waals surface area contributed by atoms with E-state index in [1.165, 1.54) is 23.7 Å². The molecule has 0 bridgehead atoms. The Morgan fingerprint density at radius 3 is 2.52 bits per heavy atom. The Morgan fingerprint density at radius 2 is 1.83 bits per heavy atom. The minimum atomic E-state index is -3.77. The smallest absolute Gasteiger partial charge is 0.258 e. The lowest BCUT2D eigenvalue weighted by atomic mass is 10.0. The van der Waals surface area contributed by atoms with Gasteiger partial charge in [-0.1, -0.05) is 25.1 Å². The number of fused-ring (bicyclic) bond motifs is 1. The minimum Gasteiger partial charge on any atom is -0.490 e. The summed E-state index contributed by atoms with van der Waals surface area (Å²) in [5.41, 5.74) is 1.07. The number of hydrogen-bond acceptors (Lipinski definition) is 8. The first kappa shape index (κ1) is 35.0. The van der Waals surface area contributed by atoms with Crippen molar-refractivity contribution in [3.05, 3.63) is 84.2 Å². The molecule has 248 valence electrons. The zero-order valence-electron chi connectivity index (χ0n) is 26.8. The van der Waals surface area contributed by atoms with Gasteiger partial charge in [-0.05, 0) is 75.6 Å². The van der Waals surface area contributed by atoms with Gasteiger partial charge in [-0.2, -0.15) is 4.31 Å². The van der Waals surface area contributed by atoms with Gasteiger partial charge in [0.05, 0.1) is 35.3 Å². The third-order valence-electron chi connectivity index (χ3n) is 8.14. The third-order valence-corrected chi connectivity index (χ3v) is 9.98. The van der Waals surface area contributed by atoms with E-state index in [4.69, 9.17) is 9.47 Å². The monoisotopic (exact) mass is 652 g/mol. The molecule has 2 aromatic carbocycles. The van der Waals surface area contributed by atoms with Gasteiger partial charge in [-0.25, -0.2) is 8.42 Å². The van der Waals surface area contributed by atoms with E-state index in [0.717, 1.165) is 12.8 Å². The van der Waals surface area contributed by atoms with Crippen LogP contribution in [0.25, 0.3) is 0 Å². The molecular weight excluding hydrogens is 608 g/mol. The van der Waals surface area contributed by atoms with Gasteiger partial charge in [0, 0.05) is 56.3 Å². The SMILES string of the molecule is C[C@@H]1CCCCO[C@@H](CN(C)S(=O)(=O)c2ccccc2)[C@@H](C)CN([C@@H](C)CO)C(=O)c2cc(NC(=O)c3ccncc3)ccc2O1. The Balaban J connectivity index is 1.65. The van der Waals surface area contributed by atoms with E-state index >= 15 is 0 Å². The number of ether oxygens (including phenoxy) is 2. The molecule has 0 saturated carbocycles. The van der Waals surface area contributed by atoms with E-state index in [1.807, 2.05) is 13.8 Å². The molecule has 1 aliphatic rings. The van der Waals surface area contributed by atoms with Crippen molar-refractivity contribution in [2.75, 3.05) is 38.7 Å². The summed E-state index contributed by atoms with van der Waals surface area (Å²) in [5.74, 6) is -0.682. The summed E-state index contributed by atoms with van der Waals surface area (Å²) in [4.78, 5) is 32.9. The number of benzene rings is 2. The summed E-state index contributed by atoms with van der Waals surface area (Å²) in [7, 11) is -2.24. The molecule has 1 aromatic heterocycles. The van der Waals surface area contributed by atoms with Crippen molar-refractivity contribution in [2.24, 2.45) is 5.92 Å². The molecule has 2 amide bonds. The summed E-state index contributed by atoms with van der Waals surface area (Å²) in [6, 6.07) is 15.8. The molecule has 0 fully saturated rings. The molecule has 0 spiro atoms. The fraction of sp³-hybridized carbons (Fsp3) is 0.441. The first-order chi connectivity index (χ1) is 22.0. The largest absolute Gasteiger partial charge is 0.490 e. The molecule has 11 nitrogen and oxygen atoms in total. The van der Waals surface area contributed by atoms with E-state index in [9.17, 15) is 23.1 Å². The highest BCUT2D eigenvalue weighted by atomic mass is 32.2. The zero-order chi connectivity index (χ0) is 33.3. The number of sulfonamides is 1. The number of hydrogen-bond donors (Lipinski definition) is 2. The van der Waals surface area contributed by atoms with Crippen LogP contribution < -0.4 is 10.1 Å². The van der Waals surface area contributed by atoms with Gasteiger partial charge in [0.2, 0.25) is 10.0 Å². The van der Waals surface area contributed by atoms with E-state index in [2.05, 4.69) is 10.3 Å². The standard InChI is InChI=1S/C34H44N4O7S/c1-24-21-38(25(2)23-39)34(41)30-20-28(36-33(40)27-15-17-35-18-16-27)13-14-31(30)45-26(3)10-8-9-19-44-32(24)22-37(4)46(42,43)29-11-6-5-7-12-29/h5-7,11-18,20,24-26,32,39H,8-10,19,21-23H2,1-4H3,(H,36,40)/t24-,25-,26+,32-/m0/s1. The van der Waals surface area contributed by atoms with Crippen LogP contribution in [0.3, 0.4) is 0 Å². The molecule has 0 aliphatic carbocycles. The maximum absolute atomic E-state index is 14.3. The maximum atomic E-state index is 14.3. The molecule has 2 heterocycles. The molecule has 1 aliphatic heterocycles. The molecule has 0 saturated heterocycles. The number of aliphatic hydroxyl groups is 1. The second-order valence-electron chi connectivity index (χ2n) is 11.8. The minimum absolute atomic E-state index is 0.0786. The first-order valence-electron chi connectivity index (χ1n) is 15.6. The van der Waals surface area contributed by atoms with Gasteiger partial charge in [0.25, 0.3) is 11.8 Å². The lowest BCUT2D eigenvalue weighted by Gasteiger charge is -2.35. The van der Waals surface area contributed by atoms with Crippen LogP contribution in [0, 0.1) is 5.92 Å². The van der Waals surface area contributed by atoms with Crippen LogP contribution in [-0.4, -0.2) is 91.1 Å². The van der Waals surface area contributed by atoms with Gasteiger partial charge in [0.1, 0.15) is 5.75 Å². The molecule has 2 N–H and O–H groups in total. The first-order valence-corrected chi connectivity index (χ1v) is 17.0. The van der Waals surface area contributed by atoms with Crippen LogP contribution in [0.2, 0.25) is 0 Å². The Bertz CT molecular complexity index is 1560. The summed E-state index contributed by atoms with van der Waals surface area (Å²) in [5, 5.41) is 13.0. The lowest BCUT2D eigenvalue weighted by molar-refractivity contribution is -0.00834. The van der Waals surface area contributed by atoms with Crippen molar-refractivity contribution in [3.8, 4) is 5.75 Å². The Morgan fingerprint density at radius 1 is 1.11 bits per heavy atom. The van der Waals surface area contributed by atoms with Crippen molar-refractivity contribution in [3.63, 3.8) is 0 Å². The molecule has 3 aromatic rings. The number of pyridine rings is 1. The summed E-state index contributed by atoms with van der Waals surface area (Å²) >= 11 is 0. The van der Waals surface area contributed by atoms with Gasteiger partial charge in [-0.3, -0.25) is 14.6 Å². The second kappa shape index (κ2) is 16.1. The number of rotatable bonds is 8. The van der Waals surface area contributed by atoms with Gasteiger partial charge >= 0.3 is 0 Å². The lowest BCUT2D eigenvalue weighted by Crippen LogP contribution is -2.48. The number of amides is 2. The number of aromatic nitrogens is 1. The molecule has 46 heavy (non-hydrogen) atoms. The molecule has 4 atom stereocenters. The van der Waals surface area contributed by atoms with Gasteiger partial charge in [0.15, 0.2) is 0 Å². The number of nitrogens with one attached hydrogen (secondary N) is 1. The van der Waals surface area contributed by atoms with Crippen molar-refractivity contribution in [2.45, 2.75) is 63.2 Å². The predicted molar refractivity (Wildman–Crippen MR) is 175 cm³/mol. The number of carbonyl (C=O) groups is 2. The highest BCUT2D eigenvalue weighted by molar-refractivity contribution is 7.89. The molecular formula is C34H44N4O7S. The van der Waals surface area contributed by atoms with Crippen LogP contribution in [0.5, 0.6) is 5.75 Å². The Hall–Kier alpha value is -3.84. The topological polar surface area (TPSA) is 138 Å². The highest BCUT2D eigenvalue weighted by Crippen LogP contribution is 2.29. The fourth-order valence-electron chi connectivity index (χ4n) is 5.29. The third kappa shape index (κ3) is 8.91. The van der Waals surface area contributed by atoms with E-state index in [-0.39, 0.29) is 48.1 Å². The average molecular weight is 653 g/mol. The highest BCUT2D eigenvalue weighted by Gasteiger charge is 2.32. The molecule has 0 radical (unpaired) electrons. The normalized spacial score (nSPS) is 20.7. The molecule has 4 rings (SSSR count). The van der Waals surface area contributed by atoms with E-state index in [1.54, 1.807) is 72.5 Å². The van der Waals surface area contributed by atoms with Crippen LogP contribution in [-0.2, 0) is 14.8 Å². The van der Waals surface area contributed by atoms with Crippen molar-refractivity contribution < 1.29 is 32.6 Å². The van der Waals surface area contributed by atoms with Crippen molar-refractivity contribution in [1.29, 1.82) is 0 Å². The van der Waals surface area contributed by atoms with Crippen molar-refractivity contribution in [1.82, 2.24) is 14.2 Å². The number of aliphatic hydroxyl groups excluding tert-OH is 1. The van der Waals surface area contributed by atoms with Gasteiger partial charge in [-0.15, -0.1) is 0 Å². The Labute approximate surface area is 271 Å². The van der Waals surface area contributed by atoms with E-state index < -0.39 is 28.1 Å². The van der Waals surface area contributed by atoms with Crippen LogP contribution in [0.1, 0.15) is 60.7 Å². The number of nitrogens with zero attached hydrogens (tertiary/aromatic N) is 3. The number of anilines is 1. The number of carbonyl (C=O) groups excluding carboxylic acids is 2.